The molecule has 2 heterocycles. The lowest BCUT2D eigenvalue weighted by atomic mass is 9.96. The summed E-state index contributed by atoms with van der Waals surface area (Å²) in [7, 11) is 0. The van der Waals surface area contributed by atoms with Crippen LogP contribution in [0.25, 0.3) is 64.9 Å². The van der Waals surface area contributed by atoms with Crippen molar-refractivity contribution in [2.75, 3.05) is 4.90 Å². The standard InChI is InChI=1S/C50H43N5O2S2/c1-5-6-7-8-9-12-17-38-33-46(58-49(38)37-22-24-42(25-23-37)55(40-18-13-10-14-19-40)41-20-15-11-16-21-41)44-27-26-43(47-48(44)54-59-53-47)39-30-35(28-34(2)51-3)29-36(31-39)32-45(52-4)50(56)57/h10-11,13-16,18-33H,5-9,12,17H2,1-2H3,(H,56,57)/b34-28-,45-32-. The molecule has 0 unspecified atom stereocenters. The predicted molar refractivity (Wildman–Crippen MR) is 246 cm³/mol. The van der Waals surface area contributed by atoms with Crippen LogP contribution in [0.3, 0.4) is 0 Å². The van der Waals surface area contributed by atoms with E-state index in [1.807, 2.05) is 30.3 Å². The molecule has 0 saturated carbocycles. The molecule has 0 aliphatic rings. The van der Waals surface area contributed by atoms with E-state index in [4.69, 9.17) is 21.9 Å². The number of allylic oxidation sites excluding steroid dienone is 1. The maximum Gasteiger partial charge on any atom is 0.333 e. The molecule has 0 bridgehead atoms. The number of anilines is 3. The van der Waals surface area contributed by atoms with Gasteiger partial charge in [0.15, 0.2) is 5.70 Å². The van der Waals surface area contributed by atoms with Crippen LogP contribution >= 0.6 is 23.1 Å². The quantitative estimate of drug-likeness (QED) is 0.0598. The highest BCUT2D eigenvalue weighted by atomic mass is 32.1. The maximum atomic E-state index is 11.7. The second-order valence-electron chi connectivity index (χ2n) is 14.4. The number of fused-ring (bicyclic) bond motifs is 1. The highest BCUT2D eigenvalue weighted by Crippen LogP contribution is 2.44. The number of rotatable bonds is 16. The maximum absolute atomic E-state index is 11.7. The van der Waals surface area contributed by atoms with Crippen molar-refractivity contribution in [2.45, 2.75) is 58.8 Å². The number of hydrogen-bond donors (Lipinski definition) is 1. The summed E-state index contributed by atoms with van der Waals surface area (Å²) in [5.74, 6) is -1.29. The smallest absolute Gasteiger partial charge is 0.333 e. The Morgan fingerprint density at radius 1 is 0.695 bits per heavy atom. The number of nitrogens with zero attached hydrogens (tertiary/aromatic N) is 5. The Kier molecular flexibility index (Phi) is 13.2. The van der Waals surface area contributed by atoms with Crippen molar-refractivity contribution in [3.8, 4) is 32.0 Å². The van der Waals surface area contributed by atoms with E-state index in [0.717, 1.165) is 79.8 Å². The first-order valence-electron chi connectivity index (χ1n) is 19.8. The lowest BCUT2D eigenvalue weighted by Crippen LogP contribution is -2.09. The number of hydrogen-bond acceptors (Lipinski definition) is 6. The van der Waals surface area contributed by atoms with Crippen LogP contribution in [0, 0.1) is 13.1 Å². The Hall–Kier alpha value is -6.65. The molecule has 7 rings (SSSR count). The third-order valence-corrected chi connectivity index (χ3v) is 12.0. The van der Waals surface area contributed by atoms with Gasteiger partial charge in [0.25, 0.3) is 5.70 Å². The van der Waals surface area contributed by atoms with Gasteiger partial charge < -0.3 is 10.0 Å². The molecule has 0 spiro atoms. The average Bonchev–Trinajstić information content (AvgIpc) is 3.93. The number of unbranched alkanes of at least 4 members (excludes halogenated alkanes) is 5. The molecule has 292 valence electrons. The van der Waals surface area contributed by atoms with E-state index >= 15 is 0 Å². The van der Waals surface area contributed by atoms with Crippen molar-refractivity contribution in [1.82, 2.24) is 8.75 Å². The monoisotopic (exact) mass is 809 g/mol. The minimum Gasteiger partial charge on any atom is -0.486 e. The molecule has 0 atom stereocenters. The molecule has 0 amide bonds. The molecule has 2 aromatic heterocycles. The lowest BCUT2D eigenvalue weighted by molar-refractivity contribution is -0.132. The fraction of sp³-hybridized carbons (Fsp3) is 0.180. The summed E-state index contributed by atoms with van der Waals surface area (Å²) in [6.45, 7) is 18.8. The van der Waals surface area contributed by atoms with E-state index in [9.17, 15) is 9.90 Å². The van der Waals surface area contributed by atoms with Gasteiger partial charge in [-0.2, -0.15) is 8.75 Å². The molecular formula is C50H43N5O2S2. The number of para-hydroxylation sites is 2. The molecule has 0 fully saturated rings. The van der Waals surface area contributed by atoms with Gasteiger partial charge in [-0.3, -0.25) is 4.79 Å². The third kappa shape index (κ3) is 9.56. The van der Waals surface area contributed by atoms with E-state index in [-0.39, 0.29) is 5.70 Å². The summed E-state index contributed by atoms with van der Waals surface area (Å²) < 4.78 is 9.61. The minimum atomic E-state index is -1.29. The third-order valence-electron chi connectivity index (χ3n) is 10.2. The van der Waals surface area contributed by atoms with Gasteiger partial charge in [-0.1, -0.05) is 112 Å². The van der Waals surface area contributed by atoms with Crippen LogP contribution in [-0.4, -0.2) is 19.8 Å². The number of carboxylic acids is 1. The molecule has 5 aromatic carbocycles. The Morgan fingerprint density at radius 2 is 1.29 bits per heavy atom. The largest absolute Gasteiger partial charge is 0.486 e. The number of aryl methyl sites for hydroxylation is 1. The molecule has 59 heavy (non-hydrogen) atoms. The zero-order chi connectivity index (χ0) is 41.1. The molecule has 7 nitrogen and oxygen atoms in total. The van der Waals surface area contributed by atoms with Crippen molar-refractivity contribution in [2.24, 2.45) is 0 Å². The van der Waals surface area contributed by atoms with E-state index in [1.165, 1.54) is 54.2 Å². The molecule has 0 radical (unpaired) electrons. The zero-order valence-corrected chi connectivity index (χ0v) is 34.7. The lowest BCUT2D eigenvalue weighted by Gasteiger charge is -2.25. The second kappa shape index (κ2) is 19.2. The van der Waals surface area contributed by atoms with Gasteiger partial charge in [0.1, 0.15) is 11.0 Å². The highest BCUT2D eigenvalue weighted by Gasteiger charge is 2.20. The highest BCUT2D eigenvalue weighted by molar-refractivity contribution is 7.19. The van der Waals surface area contributed by atoms with Gasteiger partial charge in [-0.15, -0.1) is 11.3 Å². The number of carboxylic acid groups (broad SMARTS) is 1. The van der Waals surface area contributed by atoms with Crippen LogP contribution in [0.4, 0.5) is 17.1 Å². The van der Waals surface area contributed by atoms with Crippen molar-refractivity contribution in [3.63, 3.8) is 0 Å². The van der Waals surface area contributed by atoms with E-state index in [0.29, 0.717) is 11.3 Å². The summed E-state index contributed by atoms with van der Waals surface area (Å²) in [4.78, 5) is 23.1. The second-order valence-corrected chi connectivity index (χ2v) is 16.0. The Balaban J connectivity index is 1.28. The van der Waals surface area contributed by atoms with E-state index in [2.05, 4.69) is 106 Å². The van der Waals surface area contributed by atoms with E-state index in [1.54, 1.807) is 30.4 Å². The first-order valence-corrected chi connectivity index (χ1v) is 21.3. The molecule has 0 saturated heterocycles. The number of carbonyl (C=O) groups is 1. The molecule has 0 aliphatic carbocycles. The summed E-state index contributed by atoms with van der Waals surface area (Å²) in [5, 5.41) is 9.58. The Labute approximate surface area is 354 Å². The molecule has 9 heteroatoms. The van der Waals surface area contributed by atoms with Crippen LogP contribution < -0.4 is 4.90 Å². The normalized spacial score (nSPS) is 11.7. The van der Waals surface area contributed by atoms with Crippen molar-refractivity contribution < 1.29 is 9.90 Å². The van der Waals surface area contributed by atoms with Crippen LogP contribution in [0.5, 0.6) is 0 Å². The Morgan fingerprint density at radius 3 is 1.92 bits per heavy atom. The number of aromatic nitrogens is 2. The van der Waals surface area contributed by atoms with Crippen molar-refractivity contribution in [3.05, 3.63) is 172 Å². The molecule has 1 N–H and O–H groups in total. The van der Waals surface area contributed by atoms with Crippen molar-refractivity contribution >= 4 is 69.3 Å². The summed E-state index contributed by atoms with van der Waals surface area (Å²) in [6, 6.07) is 41.9. The first kappa shape index (κ1) is 40.5. The number of benzene rings is 5. The van der Waals surface area contributed by atoms with Crippen LogP contribution in [0.1, 0.15) is 69.1 Å². The molecule has 0 aliphatic heterocycles. The van der Waals surface area contributed by atoms with Crippen LogP contribution in [0.15, 0.2) is 133 Å². The van der Waals surface area contributed by atoms with Gasteiger partial charge in [-0.25, -0.2) is 9.69 Å². The summed E-state index contributed by atoms with van der Waals surface area (Å²) >= 11 is 2.95. The van der Waals surface area contributed by atoms with E-state index < -0.39 is 5.97 Å². The van der Waals surface area contributed by atoms with Crippen molar-refractivity contribution in [1.29, 1.82) is 0 Å². The average molecular weight is 810 g/mol. The van der Waals surface area contributed by atoms with Gasteiger partial charge in [0.2, 0.25) is 0 Å². The molecule has 7 aromatic rings. The minimum absolute atomic E-state index is 0.389. The van der Waals surface area contributed by atoms with Crippen LogP contribution in [0.2, 0.25) is 0 Å². The van der Waals surface area contributed by atoms with Crippen LogP contribution in [-0.2, 0) is 11.2 Å². The Bertz CT molecular complexity index is 2680. The summed E-state index contributed by atoms with van der Waals surface area (Å²) in [6.07, 6.45) is 11.5. The van der Waals surface area contributed by atoms with Gasteiger partial charge in [0, 0.05) is 37.9 Å². The fourth-order valence-corrected chi connectivity index (χ4v) is 9.14. The SMILES string of the molecule is [C-]#[N+]/C(C)=C\c1cc(/C=C(\[N+]#[C-])C(=O)O)cc(-c2ccc(-c3cc(CCCCCCCC)c(-c4ccc(N(c5ccccc5)c5ccccc5)cc4)s3)c3nsnc23)c1. The van der Waals surface area contributed by atoms with Gasteiger partial charge in [-0.05, 0) is 108 Å². The number of thiophene rings is 1. The fourth-order valence-electron chi connectivity index (χ4n) is 7.32. The number of aliphatic carboxylic acids is 1. The zero-order valence-electron chi connectivity index (χ0n) is 33.1. The van der Waals surface area contributed by atoms with Gasteiger partial charge in [0.05, 0.1) is 24.9 Å². The molecular weight excluding hydrogens is 767 g/mol. The topological polar surface area (TPSA) is 75.0 Å². The van der Waals surface area contributed by atoms with Gasteiger partial charge >= 0.3 is 5.97 Å². The first-order chi connectivity index (χ1) is 28.9. The predicted octanol–water partition coefficient (Wildman–Crippen LogP) is 14.8. The summed E-state index contributed by atoms with van der Waals surface area (Å²) in [5.41, 5.74) is 11.3.